The zero-order valence-electron chi connectivity index (χ0n) is 17.4. The zero-order valence-corrected chi connectivity index (χ0v) is 17.4. The van der Waals surface area contributed by atoms with Crippen molar-refractivity contribution in [3.8, 4) is 11.1 Å². The molecule has 31 heavy (non-hydrogen) atoms. The van der Waals surface area contributed by atoms with Gasteiger partial charge in [-0.1, -0.05) is 61.9 Å². The van der Waals surface area contributed by atoms with Gasteiger partial charge in [-0.3, -0.25) is 0 Å². The molecule has 0 bridgehead atoms. The van der Waals surface area contributed by atoms with E-state index in [2.05, 4.69) is 0 Å². The van der Waals surface area contributed by atoms with Crippen molar-refractivity contribution >= 4 is 0 Å². The Bertz CT molecular complexity index is 1060. The van der Waals surface area contributed by atoms with Crippen molar-refractivity contribution < 1.29 is 23.0 Å². The van der Waals surface area contributed by atoms with Crippen molar-refractivity contribution in [3.05, 3.63) is 94.3 Å². The van der Waals surface area contributed by atoms with E-state index in [1.54, 1.807) is 36.4 Å². The van der Waals surface area contributed by atoms with Crippen molar-refractivity contribution in [2.75, 3.05) is 6.61 Å². The second kappa shape index (κ2) is 9.25. The topological polar surface area (TPSA) is 32.8 Å². The summed E-state index contributed by atoms with van der Waals surface area (Å²) < 4.78 is 48.2. The summed E-state index contributed by atoms with van der Waals surface area (Å²) in [6.45, 7) is 2.40. The van der Waals surface area contributed by atoms with Crippen LogP contribution in [0.25, 0.3) is 11.1 Å². The lowest BCUT2D eigenvalue weighted by atomic mass is 9.97. The molecule has 0 aliphatic carbocycles. The Morgan fingerprint density at radius 2 is 1.71 bits per heavy atom. The van der Waals surface area contributed by atoms with Crippen molar-refractivity contribution in [1.82, 2.24) is 0 Å². The van der Waals surface area contributed by atoms with E-state index < -0.39 is 17.7 Å². The lowest BCUT2D eigenvalue weighted by Crippen LogP contribution is -2.01. The molecule has 3 aromatic rings. The van der Waals surface area contributed by atoms with Crippen molar-refractivity contribution in [2.45, 2.75) is 44.8 Å². The van der Waals surface area contributed by atoms with E-state index in [1.165, 1.54) is 6.07 Å². The van der Waals surface area contributed by atoms with Crippen LogP contribution in [0.4, 0.5) is 13.2 Å². The standard InChI is InChI=1S/C26H25F3O2/c1-2-3-23(30)19-11-10-18(22(27)14-19)9-6-16-4-7-17(8-5-16)20-12-13-21(24-15-31-24)26(29)25(20)28/h4-5,7-8,10-14,23-24,30H,2-3,6,9,15H2,1H3. The smallest absolute Gasteiger partial charge is 0.167 e. The van der Waals surface area contributed by atoms with Gasteiger partial charge >= 0.3 is 0 Å². The van der Waals surface area contributed by atoms with Crippen LogP contribution in [-0.2, 0) is 17.6 Å². The minimum Gasteiger partial charge on any atom is -0.388 e. The Hall–Kier alpha value is -2.63. The number of rotatable bonds is 8. The molecule has 3 aromatic carbocycles. The number of aliphatic hydroxyl groups excluding tert-OH is 1. The highest BCUT2D eigenvalue weighted by Crippen LogP contribution is 2.35. The third kappa shape index (κ3) is 4.83. The maximum atomic E-state index is 14.5. The van der Waals surface area contributed by atoms with Crippen molar-refractivity contribution in [3.63, 3.8) is 0 Å². The zero-order chi connectivity index (χ0) is 22.0. The highest BCUT2D eigenvalue weighted by atomic mass is 19.2. The predicted molar refractivity (Wildman–Crippen MR) is 114 cm³/mol. The normalized spacial score (nSPS) is 16.4. The van der Waals surface area contributed by atoms with E-state index >= 15 is 0 Å². The minimum absolute atomic E-state index is 0.209. The van der Waals surface area contributed by atoms with Crippen molar-refractivity contribution in [1.29, 1.82) is 0 Å². The summed E-state index contributed by atoms with van der Waals surface area (Å²) in [4.78, 5) is 0. The molecule has 1 heterocycles. The fraction of sp³-hybridized carbons (Fsp3) is 0.308. The molecule has 1 saturated heterocycles. The quantitative estimate of drug-likeness (QED) is 0.419. The molecule has 1 fully saturated rings. The summed E-state index contributed by atoms with van der Waals surface area (Å²) in [6, 6.07) is 15.3. The van der Waals surface area contributed by atoms with Gasteiger partial charge in [-0.15, -0.1) is 0 Å². The third-order valence-corrected chi connectivity index (χ3v) is 5.76. The lowest BCUT2D eigenvalue weighted by molar-refractivity contribution is 0.166. The van der Waals surface area contributed by atoms with Gasteiger partial charge in [0.25, 0.3) is 0 Å². The first-order valence-corrected chi connectivity index (χ1v) is 10.6. The van der Waals surface area contributed by atoms with Gasteiger partial charge in [0, 0.05) is 11.1 Å². The number of ether oxygens (including phenoxy) is 1. The number of benzene rings is 3. The summed E-state index contributed by atoms with van der Waals surface area (Å²) >= 11 is 0. The summed E-state index contributed by atoms with van der Waals surface area (Å²) in [6.07, 6.45) is 1.58. The second-order valence-corrected chi connectivity index (χ2v) is 8.00. The molecule has 0 amide bonds. The molecular formula is C26H25F3O2. The molecule has 2 nitrogen and oxygen atoms in total. The van der Waals surface area contributed by atoms with Crippen LogP contribution in [0.1, 0.15) is 54.2 Å². The molecule has 2 atom stereocenters. The van der Waals surface area contributed by atoms with E-state index in [9.17, 15) is 18.3 Å². The van der Waals surface area contributed by atoms with Gasteiger partial charge in [-0.2, -0.15) is 0 Å². The average Bonchev–Trinajstić information content (AvgIpc) is 3.60. The van der Waals surface area contributed by atoms with Crippen LogP contribution in [0.2, 0.25) is 0 Å². The number of hydrogen-bond donors (Lipinski definition) is 1. The molecule has 0 spiro atoms. The summed E-state index contributed by atoms with van der Waals surface area (Å²) in [5, 5.41) is 10.0. The van der Waals surface area contributed by atoms with E-state index in [-0.39, 0.29) is 23.0 Å². The van der Waals surface area contributed by atoms with Gasteiger partial charge in [-0.05, 0) is 47.6 Å². The molecule has 162 valence electrons. The lowest BCUT2D eigenvalue weighted by Gasteiger charge is -2.12. The molecule has 5 heteroatoms. The molecule has 0 radical (unpaired) electrons. The Morgan fingerprint density at radius 1 is 0.968 bits per heavy atom. The van der Waals surface area contributed by atoms with Crippen LogP contribution in [0.15, 0.2) is 54.6 Å². The first-order chi connectivity index (χ1) is 15.0. The van der Waals surface area contributed by atoms with Crippen LogP contribution in [0.3, 0.4) is 0 Å². The second-order valence-electron chi connectivity index (χ2n) is 8.00. The van der Waals surface area contributed by atoms with Crippen LogP contribution >= 0.6 is 0 Å². The van der Waals surface area contributed by atoms with Gasteiger partial charge in [0.1, 0.15) is 11.9 Å². The van der Waals surface area contributed by atoms with Crippen LogP contribution < -0.4 is 0 Å². The molecule has 1 aliphatic rings. The summed E-state index contributed by atoms with van der Waals surface area (Å²) in [5.74, 6) is -2.04. The minimum atomic E-state index is -0.867. The summed E-state index contributed by atoms with van der Waals surface area (Å²) in [7, 11) is 0. The number of aryl methyl sites for hydroxylation is 2. The molecule has 1 N–H and O–H groups in total. The highest BCUT2D eigenvalue weighted by molar-refractivity contribution is 5.65. The maximum Gasteiger partial charge on any atom is 0.167 e. The van der Waals surface area contributed by atoms with E-state index in [4.69, 9.17) is 4.74 Å². The monoisotopic (exact) mass is 426 g/mol. The fourth-order valence-corrected chi connectivity index (χ4v) is 3.81. The molecule has 1 aliphatic heterocycles. The van der Waals surface area contributed by atoms with Crippen LogP contribution in [0.5, 0.6) is 0 Å². The van der Waals surface area contributed by atoms with Gasteiger partial charge in [0.05, 0.1) is 12.7 Å². The maximum absolute atomic E-state index is 14.5. The van der Waals surface area contributed by atoms with Gasteiger partial charge in [-0.25, -0.2) is 13.2 Å². The Labute approximate surface area is 180 Å². The van der Waals surface area contributed by atoms with E-state index in [1.807, 2.05) is 19.1 Å². The SMILES string of the molecule is CCCC(O)c1ccc(CCc2ccc(-c3ccc(C4CO4)c(F)c3F)cc2)c(F)c1. The molecule has 4 rings (SSSR count). The van der Waals surface area contributed by atoms with Gasteiger partial charge in [0.15, 0.2) is 11.6 Å². The highest BCUT2D eigenvalue weighted by Gasteiger charge is 2.30. The molecule has 0 aromatic heterocycles. The van der Waals surface area contributed by atoms with E-state index in [0.29, 0.717) is 42.6 Å². The number of hydrogen-bond acceptors (Lipinski definition) is 2. The van der Waals surface area contributed by atoms with Crippen molar-refractivity contribution in [2.24, 2.45) is 0 Å². The average molecular weight is 426 g/mol. The number of epoxide rings is 1. The Balaban J connectivity index is 1.43. The van der Waals surface area contributed by atoms with Crippen LogP contribution in [0, 0.1) is 17.5 Å². The third-order valence-electron chi connectivity index (χ3n) is 5.76. The largest absolute Gasteiger partial charge is 0.388 e. The fourth-order valence-electron chi connectivity index (χ4n) is 3.81. The first-order valence-electron chi connectivity index (χ1n) is 10.6. The van der Waals surface area contributed by atoms with E-state index in [0.717, 1.165) is 12.0 Å². The molecular weight excluding hydrogens is 401 g/mol. The molecule has 2 unspecified atom stereocenters. The Morgan fingerprint density at radius 3 is 2.35 bits per heavy atom. The summed E-state index contributed by atoms with van der Waals surface area (Å²) in [5.41, 5.74) is 3.21. The van der Waals surface area contributed by atoms with Gasteiger partial charge < -0.3 is 9.84 Å². The van der Waals surface area contributed by atoms with Gasteiger partial charge in [0.2, 0.25) is 0 Å². The molecule has 0 saturated carbocycles. The number of aliphatic hydroxyl groups is 1. The Kier molecular flexibility index (Phi) is 6.44. The first kappa shape index (κ1) is 21.6. The van der Waals surface area contributed by atoms with Crippen LogP contribution in [-0.4, -0.2) is 11.7 Å². The number of halogens is 3. The predicted octanol–water partition coefficient (Wildman–Crippen LogP) is 6.46.